The Kier molecular flexibility index (Phi) is 6.00. The Hall–Kier alpha value is -3.25. The SMILES string of the molecule is CCOC(=O)N1[C@@H]2C=C[C@@H](C2=C(c2ccccc2)c2ccc(Cl)cc2)N1C(=O)OCC. The van der Waals surface area contributed by atoms with E-state index < -0.39 is 24.3 Å². The van der Waals surface area contributed by atoms with Gasteiger partial charge in [0.05, 0.1) is 25.3 Å². The van der Waals surface area contributed by atoms with Crippen LogP contribution in [0.1, 0.15) is 25.0 Å². The Morgan fingerprint density at radius 2 is 1.29 bits per heavy atom. The lowest BCUT2D eigenvalue weighted by molar-refractivity contribution is -0.0130. The zero-order valence-electron chi connectivity index (χ0n) is 17.3. The van der Waals surface area contributed by atoms with E-state index in [1.807, 2.05) is 66.7 Å². The molecule has 1 aliphatic carbocycles. The van der Waals surface area contributed by atoms with Crippen LogP contribution in [0.2, 0.25) is 5.02 Å². The van der Waals surface area contributed by atoms with E-state index in [-0.39, 0.29) is 13.2 Å². The molecule has 1 fully saturated rings. The van der Waals surface area contributed by atoms with Crippen molar-refractivity contribution in [2.24, 2.45) is 0 Å². The van der Waals surface area contributed by atoms with E-state index in [0.717, 1.165) is 22.3 Å². The zero-order valence-corrected chi connectivity index (χ0v) is 18.1. The van der Waals surface area contributed by atoms with Crippen LogP contribution in [0.5, 0.6) is 0 Å². The fourth-order valence-electron chi connectivity index (χ4n) is 4.09. The molecule has 160 valence electrons. The summed E-state index contributed by atoms with van der Waals surface area (Å²) in [5.41, 5.74) is 3.78. The topological polar surface area (TPSA) is 59.1 Å². The molecule has 2 bridgehead atoms. The highest BCUT2D eigenvalue weighted by atomic mass is 35.5. The van der Waals surface area contributed by atoms with Crippen molar-refractivity contribution in [2.45, 2.75) is 25.9 Å². The van der Waals surface area contributed by atoms with E-state index >= 15 is 0 Å². The van der Waals surface area contributed by atoms with Gasteiger partial charge in [-0.05, 0) is 48.3 Å². The number of hydrazine groups is 1. The molecule has 0 unspecified atom stereocenters. The average molecular weight is 439 g/mol. The predicted molar refractivity (Wildman–Crippen MR) is 118 cm³/mol. The van der Waals surface area contributed by atoms with Gasteiger partial charge in [0.25, 0.3) is 0 Å². The van der Waals surface area contributed by atoms with Crippen LogP contribution in [0.25, 0.3) is 5.57 Å². The summed E-state index contributed by atoms with van der Waals surface area (Å²) in [7, 11) is 0. The number of hydrogen-bond acceptors (Lipinski definition) is 4. The Morgan fingerprint density at radius 1 is 0.806 bits per heavy atom. The highest BCUT2D eigenvalue weighted by molar-refractivity contribution is 6.30. The second-order valence-corrected chi connectivity index (χ2v) is 7.50. The molecule has 2 atom stereocenters. The van der Waals surface area contributed by atoms with Crippen LogP contribution < -0.4 is 0 Å². The normalized spacial score (nSPS) is 20.7. The number of nitrogens with zero attached hydrogens (tertiary/aromatic N) is 2. The minimum Gasteiger partial charge on any atom is -0.448 e. The van der Waals surface area contributed by atoms with E-state index in [9.17, 15) is 9.59 Å². The zero-order chi connectivity index (χ0) is 22.0. The molecule has 2 amide bonds. The lowest BCUT2D eigenvalue weighted by Gasteiger charge is -2.32. The van der Waals surface area contributed by atoms with E-state index in [1.54, 1.807) is 13.8 Å². The molecule has 0 radical (unpaired) electrons. The van der Waals surface area contributed by atoms with Crippen LogP contribution >= 0.6 is 11.6 Å². The number of carbonyl (C=O) groups excluding carboxylic acids is 2. The molecule has 2 aromatic carbocycles. The fourth-order valence-corrected chi connectivity index (χ4v) is 4.21. The molecule has 4 rings (SSSR count). The first-order valence-corrected chi connectivity index (χ1v) is 10.6. The van der Waals surface area contributed by atoms with Crippen molar-refractivity contribution in [3.8, 4) is 0 Å². The number of rotatable bonds is 4. The summed E-state index contributed by atoms with van der Waals surface area (Å²) in [4.78, 5) is 25.6. The standard InChI is InChI=1S/C24H23ClN2O4/c1-3-30-23(28)26-19-14-15-20(27(26)24(29)31-4-2)22(19)21(16-8-6-5-7-9-16)17-10-12-18(25)13-11-17/h5-15,19-20H,3-4H2,1-2H3/t19-,20+. The summed E-state index contributed by atoms with van der Waals surface area (Å²) in [6.45, 7) is 3.87. The smallest absolute Gasteiger partial charge is 0.429 e. The number of benzene rings is 2. The monoisotopic (exact) mass is 438 g/mol. The van der Waals surface area contributed by atoms with Gasteiger partial charge in [-0.2, -0.15) is 0 Å². The van der Waals surface area contributed by atoms with Gasteiger partial charge in [0.15, 0.2) is 0 Å². The van der Waals surface area contributed by atoms with Crippen molar-refractivity contribution in [3.05, 3.63) is 88.5 Å². The quantitative estimate of drug-likeness (QED) is 0.608. The van der Waals surface area contributed by atoms with Crippen LogP contribution in [0.15, 0.2) is 72.3 Å². The maximum absolute atomic E-state index is 12.8. The van der Waals surface area contributed by atoms with Gasteiger partial charge in [0.2, 0.25) is 0 Å². The second-order valence-electron chi connectivity index (χ2n) is 7.06. The molecule has 0 N–H and O–H groups in total. The van der Waals surface area contributed by atoms with Gasteiger partial charge < -0.3 is 9.47 Å². The lowest BCUT2D eigenvalue weighted by Crippen LogP contribution is -2.52. The molecular formula is C24H23ClN2O4. The van der Waals surface area contributed by atoms with Crippen LogP contribution in [0, 0.1) is 0 Å². The molecule has 1 aliphatic heterocycles. The largest absolute Gasteiger partial charge is 0.448 e. The number of ether oxygens (including phenoxy) is 2. The molecule has 1 heterocycles. The molecule has 0 saturated carbocycles. The highest BCUT2D eigenvalue weighted by Crippen LogP contribution is 2.44. The molecule has 2 aliphatic rings. The first-order chi connectivity index (χ1) is 15.1. The lowest BCUT2D eigenvalue weighted by atomic mass is 9.89. The summed E-state index contributed by atoms with van der Waals surface area (Å²) in [6, 6.07) is 16.5. The van der Waals surface area contributed by atoms with Crippen LogP contribution in [-0.2, 0) is 9.47 Å². The molecule has 0 spiro atoms. The third kappa shape index (κ3) is 3.79. The minimum absolute atomic E-state index is 0.203. The Labute approximate surface area is 186 Å². The summed E-state index contributed by atoms with van der Waals surface area (Å²) in [6.07, 6.45) is 2.67. The molecule has 31 heavy (non-hydrogen) atoms. The Bertz CT molecular complexity index is 997. The van der Waals surface area contributed by atoms with Gasteiger partial charge in [-0.15, -0.1) is 0 Å². The predicted octanol–water partition coefficient (Wildman–Crippen LogP) is 5.29. The molecule has 2 aromatic rings. The number of carbonyl (C=O) groups is 2. The van der Waals surface area contributed by atoms with Crippen LogP contribution in [0.4, 0.5) is 9.59 Å². The van der Waals surface area contributed by atoms with Gasteiger partial charge >= 0.3 is 12.2 Å². The Balaban J connectivity index is 1.91. The van der Waals surface area contributed by atoms with Gasteiger partial charge in [0, 0.05) is 5.02 Å². The first kappa shape index (κ1) is 21.0. The van der Waals surface area contributed by atoms with E-state index in [4.69, 9.17) is 21.1 Å². The summed E-state index contributed by atoms with van der Waals surface area (Å²) in [5.74, 6) is 0. The maximum atomic E-state index is 12.8. The number of halogens is 1. The van der Waals surface area contributed by atoms with Crippen molar-refractivity contribution >= 4 is 29.4 Å². The third-order valence-corrected chi connectivity index (χ3v) is 5.52. The number of fused-ring (bicyclic) bond motifs is 2. The summed E-state index contributed by atoms with van der Waals surface area (Å²) in [5, 5.41) is 3.33. The van der Waals surface area contributed by atoms with Crippen molar-refractivity contribution in [3.63, 3.8) is 0 Å². The van der Waals surface area contributed by atoms with Gasteiger partial charge in [-0.3, -0.25) is 0 Å². The van der Waals surface area contributed by atoms with Crippen molar-refractivity contribution in [1.29, 1.82) is 0 Å². The molecule has 7 heteroatoms. The van der Waals surface area contributed by atoms with Gasteiger partial charge in [-0.1, -0.05) is 66.2 Å². The molecular weight excluding hydrogens is 416 g/mol. The third-order valence-electron chi connectivity index (χ3n) is 5.27. The van der Waals surface area contributed by atoms with Crippen molar-refractivity contribution in [2.75, 3.05) is 13.2 Å². The molecule has 1 saturated heterocycles. The fraction of sp³-hybridized carbons (Fsp3) is 0.250. The second kappa shape index (κ2) is 8.86. The van der Waals surface area contributed by atoms with E-state index in [2.05, 4.69) is 0 Å². The van der Waals surface area contributed by atoms with E-state index in [0.29, 0.717) is 5.02 Å². The van der Waals surface area contributed by atoms with Crippen LogP contribution in [0.3, 0.4) is 0 Å². The maximum Gasteiger partial charge on any atom is 0.429 e. The summed E-state index contributed by atoms with van der Waals surface area (Å²) < 4.78 is 10.5. The number of amides is 2. The molecule has 0 aromatic heterocycles. The Morgan fingerprint density at radius 3 is 1.77 bits per heavy atom. The van der Waals surface area contributed by atoms with Crippen LogP contribution in [-0.4, -0.2) is 47.5 Å². The highest BCUT2D eigenvalue weighted by Gasteiger charge is 2.52. The van der Waals surface area contributed by atoms with E-state index in [1.165, 1.54) is 10.0 Å². The summed E-state index contributed by atoms with van der Waals surface area (Å²) >= 11 is 6.12. The molecule has 6 nitrogen and oxygen atoms in total. The minimum atomic E-state index is -0.589. The van der Waals surface area contributed by atoms with Gasteiger partial charge in [-0.25, -0.2) is 19.6 Å². The first-order valence-electron chi connectivity index (χ1n) is 10.2. The van der Waals surface area contributed by atoms with Crippen molar-refractivity contribution < 1.29 is 19.1 Å². The van der Waals surface area contributed by atoms with Crippen molar-refractivity contribution in [1.82, 2.24) is 10.0 Å². The average Bonchev–Trinajstić information content (AvgIpc) is 3.32. The number of hydrogen-bond donors (Lipinski definition) is 0. The van der Waals surface area contributed by atoms with Gasteiger partial charge in [0.1, 0.15) is 0 Å².